The van der Waals surface area contributed by atoms with Gasteiger partial charge in [0, 0.05) is 6.42 Å². The quantitative estimate of drug-likeness (QED) is 0.389. The van der Waals surface area contributed by atoms with Crippen molar-refractivity contribution in [3.8, 4) is 5.75 Å². The number of carboxylic acid groups (broad SMARTS) is 1. The Morgan fingerprint density at radius 1 is 1.21 bits per heavy atom. The van der Waals surface area contributed by atoms with E-state index in [2.05, 4.69) is 6.58 Å². The van der Waals surface area contributed by atoms with Crippen LogP contribution in [0.4, 0.5) is 0 Å². The number of aliphatic carboxylic acids is 1. The molecule has 1 saturated heterocycles. The number of thioether (sulfide) groups is 1. The van der Waals surface area contributed by atoms with Gasteiger partial charge < -0.3 is 9.84 Å². The van der Waals surface area contributed by atoms with Crippen molar-refractivity contribution in [1.82, 2.24) is 4.90 Å². The van der Waals surface area contributed by atoms with Crippen molar-refractivity contribution in [3.63, 3.8) is 0 Å². The Kier molecular flexibility index (Phi) is 6.85. The molecule has 0 radical (unpaired) electrons. The molecule has 2 aromatic rings. The van der Waals surface area contributed by atoms with Crippen LogP contribution < -0.4 is 4.74 Å². The van der Waals surface area contributed by atoms with E-state index in [0.717, 1.165) is 22.9 Å². The summed E-state index contributed by atoms with van der Waals surface area (Å²) in [6, 6.07) is 15.4. The third-order valence-corrected chi connectivity index (χ3v) is 5.57. The van der Waals surface area contributed by atoms with Crippen LogP contribution in [0.25, 0.3) is 6.08 Å². The standard InChI is InChI=1S/C22H19NO4S2/c1-2-12-27-17-10-8-16(9-11-17)14-19-20(24)23(22(28)29-19)18(21(25)26)13-15-6-4-3-5-7-15/h2-11,14,18H,1,12-13H2,(H,25,26). The lowest BCUT2D eigenvalue weighted by atomic mass is 10.0. The van der Waals surface area contributed by atoms with Gasteiger partial charge in [0.1, 0.15) is 22.7 Å². The molecule has 1 aliphatic heterocycles. The van der Waals surface area contributed by atoms with Crippen LogP contribution in [0.15, 0.2) is 72.2 Å². The smallest absolute Gasteiger partial charge is 0.327 e. The zero-order valence-corrected chi connectivity index (χ0v) is 17.1. The number of hydrogen-bond acceptors (Lipinski definition) is 5. The fourth-order valence-electron chi connectivity index (χ4n) is 2.84. The Labute approximate surface area is 178 Å². The van der Waals surface area contributed by atoms with Crippen LogP contribution in [0.2, 0.25) is 0 Å². The number of amides is 1. The molecule has 0 saturated carbocycles. The van der Waals surface area contributed by atoms with E-state index in [9.17, 15) is 14.7 Å². The van der Waals surface area contributed by atoms with E-state index >= 15 is 0 Å². The van der Waals surface area contributed by atoms with E-state index < -0.39 is 17.9 Å². The normalized spacial score (nSPS) is 16.1. The fourth-order valence-corrected chi connectivity index (χ4v) is 4.20. The van der Waals surface area contributed by atoms with Crippen molar-refractivity contribution < 1.29 is 19.4 Å². The lowest BCUT2D eigenvalue weighted by Crippen LogP contribution is -2.45. The average Bonchev–Trinajstić information content (AvgIpc) is 2.99. The van der Waals surface area contributed by atoms with Gasteiger partial charge in [0.2, 0.25) is 0 Å². The zero-order valence-electron chi connectivity index (χ0n) is 15.5. The third kappa shape index (κ3) is 5.13. The van der Waals surface area contributed by atoms with Crippen molar-refractivity contribution in [1.29, 1.82) is 0 Å². The molecule has 0 aromatic heterocycles. The summed E-state index contributed by atoms with van der Waals surface area (Å²) in [6.07, 6.45) is 3.55. The summed E-state index contributed by atoms with van der Waals surface area (Å²) in [7, 11) is 0. The maximum atomic E-state index is 12.9. The number of carboxylic acids is 1. The minimum absolute atomic E-state index is 0.186. The summed E-state index contributed by atoms with van der Waals surface area (Å²) in [5.74, 6) is -0.783. The van der Waals surface area contributed by atoms with Gasteiger partial charge in [-0.3, -0.25) is 9.69 Å². The maximum absolute atomic E-state index is 12.9. The highest BCUT2D eigenvalue weighted by Crippen LogP contribution is 2.35. The summed E-state index contributed by atoms with van der Waals surface area (Å²) in [4.78, 5) is 26.4. The minimum atomic E-state index is -1.09. The predicted octanol–water partition coefficient (Wildman–Crippen LogP) is 4.15. The summed E-state index contributed by atoms with van der Waals surface area (Å²) in [5, 5.41) is 9.70. The number of ether oxygens (including phenoxy) is 1. The molecule has 1 fully saturated rings. The first-order valence-electron chi connectivity index (χ1n) is 8.87. The SMILES string of the molecule is C=CCOc1ccc(C=C2SC(=S)N(C(Cc3ccccc3)C(=O)O)C2=O)cc1. The molecule has 0 bridgehead atoms. The predicted molar refractivity (Wildman–Crippen MR) is 119 cm³/mol. The number of hydrogen-bond donors (Lipinski definition) is 1. The first kappa shape index (κ1) is 20.8. The van der Waals surface area contributed by atoms with Gasteiger partial charge in [0.15, 0.2) is 0 Å². The van der Waals surface area contributed by atoms with Gasteiger partial charge in [-0.25, -0.2) is 4.79 Å². The molecule has 3 rings (SSSR count). The molecule has 5 nitrogen and oxygen atoms in total. The van der Waals surface area contributed by atoms with E-state index in [1.807, 2.05) is 42.5 Å². The largest absolute Gasteiger partial charge is 0.490 e. The molecule has 1 amide bonds. The van der Waals surface area contributed by atoms with Crippen molar-refractivity contribution in [2.24, 2.45) is 0 Å². The number of benzene rings is 2. The summed E-state index contributed by atoms with van der Waals surface area (Å²) < 4.78 is 5.69. The Morgan fingerprint density at radius 2 is 1.90 bits per heavy atom. The average molecular weight is 426 g/mol. The first-order valence-corrected chi connectivity index (χ1v) is 10.1. The van der Waals surface area contributed by atoms with Gasteiger partial charge in [-0.1, -0.05) is 79.1 Å². The van der Waals surface area contributed by atoms with E-state index in [1.165, 1.54) is 4.90 Å². The number of thiocarbonyl (C=S) groups is 1. The van der Waals surface area contributed by atoms with Crippen LogP contribution in [0.5, 0.6) is 5.75 Å². The number of rotatable bonds is 8. The fraction of sp³-hybridized carbons (Fsp3) is 0.136. The molecular weight excluding hydrogens is 406 g/mol. The van der Waals surface area contributed by atoms with Crippen LogP contribution in [-0.4, -0.2) is 38.9 Å². The second-order valence-electron chi connectivity index (χ2n) is 6.26. The van der Waals surface area contributed by atoms with Crippen LogP contribution in [-0.2, 0) is 16.0 Å². The highest BCUT2D eigenvalue weighted by atomic mass is 32.2. The molecule has 29 heavy (non-hydrogen) atoms. The van der Waals surface area contributed by atoms with Crippen LogP contribution in [0.1, 0.15) is 11.1 Å². The Hall–Kier alpha value is -2.90. The lowest BCUT2D eigenvalue weighted by Gasteiger charge is -2.23. The second kappa shape index (κ2) is 9.54. The first-order chi connectivity index (χ1) is 14.0. The third-order valence-electron chi connectivity index (χ3n) is 4.24. The molecular formula is C22H19NO4S2. The number of nitrogens with zero attached hydrogens (tertiary/aromatic N) is 1. The molecule has 0 spiro atoms. The van der Waals surface area contributed by atoms with Crippen LogP contribution in [0.3, 0.4) is 0 Å². The van der Waals surface area contributed by atoms with Gasteiger partial charge >= 0.3 is 5.97 Å². The number of carbonyl (C=O) groups is 2. The Balaban J connectivity index is 1.79. The van der Waals surface area contributed by atoms with Gasteiger partial charge in [0.05, 0.1) is 4.91 Å². The van der Waals surface area contributed by atoms with Gasteiger partial charge in [-0.15, -0.1) is 0 Å². The number of carbonyl (C=O) groups excluding carboxylic acids is 1. The van der Waals surface area contributed by atoms with Gasteiger partial charge in [-0.2, -0.15) is 0 Å². The van der Waals surface area contributed by atoms with Gasteiger partial charge in [0.25, 0.3) is 5.91 Å². The topological polar surface area (TPSA) is 66.8 Å². The van der Waals surface area contributed by atoms with Crippen LogP contribution >= 0.6 is 24.0 Å². The molecule has 1 unspecified atom stereocenters. The minimum Gasteiger partial charge on any atom is -0.490 e. The molecule has 148 valence electrons. The highest BCUT2D eigenvalue weighted by Gasteiger charge is 2.40. The molecule has 0 aliphatic carbocycles. The van der Waals surface area contributed by atoms with Crippen molar-refractivity contribution in [2.45, 2.75) is 12.5 Å². The molecule has 1 heterocycles. The van der Waals surface area contributed by atoms with E-state index in [1.54, 1.807) is 24.3 Å². The van der Waals surface area contributed by atoms with Crippen molar-refractivity contribution >= 4 is 46.3 Å². The Morgan fingerprint density at radius 3 is 2.52 bits per heavy atom. The molecule has 1 atom stereocenters. The van der Waals surface area contributed by atoms with Crippen molar-refractivity contribution in [2.75, 3.05) is 6.61 Å². The van der Waals surface area contributed by atoms with E-state index in [-0.39, 0.29) is 10.7 Å². The summed E-state index contributed by atoms with van der Waals surface area (Å²) in [5.41, 5.74) is 1.62. The zero-order chi connectivity index (χ0) is 20.8. The lowest BCUT2D eigenvalue weighted by molar-refractivity contribution is -0.145. The molecule has 1 aliphatic rings. The van der Waals surface area contributed by atoms with E-state index in [0.29, 0.717) is 17.3 Å². The Bertz CT molecular complexity index is 955. The molecule has 1 N–H and O–H groups in total. The monoisotopic (exact) mass is 425 g/mol. The summed E-state index contributed by atoms with van der Waals surface area (Å²) >= 11 is 6.44. The molecule has 7 heteroatoms. The highest BCUT2D eigenvalue weighted by molar-refractivity contribution is 8.26. The summed E-state index contributed by atoms with van der Waals surface area (Å²) in [6.45, 7) is 4.02. The van der Waals surface area contributed by atoms with E-state index in [4.69, 9.17) is 17.0 Å². The van der Waals surface area contributed by atoms with Gasteiger partial charge in [-0.05, 0) is 29.3 Å². The molecule has 2 aromatic carbocycles. The van der Waals surface area contributed by atoms with Crippen molar-refractivity contribution in [3.05, 3.63) is 83.3 Å². The van der Waals surface area contributed by atoms with Crippen LogP contribution in [0, 0.1) is 0 Å². The maximum Gasteiger partial charge on any atom is 0.327 e. The second-order valence-corrected chi connectivity index (χ2v) is 7.94.